The van der Waals surface area contributed by atoms with Gasteiger partial charge in [-0.05, 0) is 165 Å². The Balaban J connectivity index is 0.000000379. The Bertz CT molecular complexity index is 6160. The summed E-state index contributed by atoms with van der Waals surface area (Å²) >= 11 is 0. The van der Waals surface area contributed by atoms with Gasteiger partial charge in [0, 0.05) is 166 Å². The van der Waals surface area contributed by atoms with Gasteiger partial charge in [-0.2, -0.15) is 0 Å². The maximum atomic E-state index is 10.1. The van der Waals surface area contributed by atoms with E-state index in [4.69, 9.17) is 19.8 Å². The van der Waals surface area contributed by atoms with Crippen LogP contribution in [0.25, 0.3) is 134 Å². The summed E-state index contributed by atoms with van der Waals surface area (Å²) in [4.78, 5) is 70.1. The fraction of sp³-hybridized carbons (Fsp3) is 0.0583. The molecule has 24 heteroatoms. The smallest absolute Gasteiger partial charge is 0.545 e. The van der Waals surface area contributed by atoms with Crippen molar-refractivity contribution in [3.05, 3.63) is 405 Å². The van der Waals surface area contributed by atoms with Gasteiger partial charge in [0.15, 0.2) is 17.8 Å². The van der Waals surface area contributed by atoms with Crippen LogP contribution in [0.3, 0.4) is 0 Å². The molecule has 0 amide bonds. The number of pyridine rings is 7. The number of rotatable bonds is 10. The van der Waals surface area contributed by atoms with Crippen LogP contribution >= 0.6 is 0 Å². The number of H-pyrrole nitrogens is 1. The van der Waals surface area contributed by atoms with Gasteiger partial charge in [-0.3, -0.25) is 38.2 Å². The SMILES string of the molecule is CC(=O)C=C(C)O.CC(=O)C=C(C)O.Cc1cccc2nc(-c3[c-]cccc3)ccc12.Cc1n[n-]c(-c2cccc[nH+]2)n1.Oc1ccccc1-c1cccc(-c2cccc(-c3ccccc3O)n2)n1.[CH-]=O.[CH-]=O.[Cs+].[Ir].[Ir].[Ir].[Ir].[Pt].[c-]1ccc2ccccc2c1-c1ccccn1.[c-]1ccccc1-c1ccc2ccccc2n1.[c-]1ccccc1-c1nccc2ccccc12. The van der Waals surface area contributed by atoms with Crippen LogP contribution in [0.4, 0.5) is 0 Å². The molecule has 0 aliphatic rings. The van der Waals surface area contributed by atoms with Crippen molar-refractivity contribution in [2.24, 2.45) is 0 Å². The third kappa shape index (κ3) is 35.0. The first-order chi connectivity index (χ1) is 59.0. The van der Waals surface area contributed by atoms with Gasteiger partial charge in [-0.25, -0.2) is 15.0 Å². The number of aliphatic hydroxyl groups is 2. The van der Waals surface area contributed by atoms with Crippen molar-refractivity contribution in [1.29, 1.82) is 0 Å². The van der Waals surface area contributed by atoms with E-state index in [0.717, 1.165) is 61.8 Å². The normalized spacial score (nSPS) is 9.84. The van der Waals surface area contributed by atoms with Gasteiger partial charge in [0.1, 0.15) is 11.5 Å². The van der Waals surface area contributed by atoms with E-state index in [9.17, 15) is 19.8 Å². The maximum Gasteiger partial charge on any atom is 1.00 e. The van der Waals surface area contributed by atoms with Gasteiger partial charge < -0.3 is 50.1 Å². The molecule has 0 aliphatic heterocycles. The molecule has 0 saturated heterocycles. The summed E-state index contributed by atoms with van der Waals surface area (Å²) < 4.78 is 0. The minimum atomic E-state index is -0.125. The summed E-state index contributed by atoms with van der Waals surface area (Å²) in [6.07, 6.45) is 7.82. The van der Waals surface area contributed by atoms with Gasteiger partial charge >= 0.3 is 68.9 Å². The molecule has 18 aromatic rings. The number of nitrogens with one attached hydrogen (secondary N) is 1. The topological polar surface area (TPSA) is 281 Å². The molecule has 18 nitrogen and oxygen atoms in total. The van der Waals surface area contributed by atoms with E-state index in [1.165, 1.54) is 77.7 Å². The molecule has 0 spiro atoms. The summed E-state index contributed by atoms with van der Waals surface area (Å²) in [5.74, 6) is 1.59. The predicted octanol–water partition coefficient (Wildman–Crippen LogP) is 18.7. The van der Waals surface area contributed by atoms with Crippen LogP contribution in [-0.2, 0) is 121 Å². The molecule has 10 aromatic carbocycles. The van der Waals surface area contributed by atoms with Gasteiger partial charge in [-0.1, -0.05) is 157 Å². The van der Waals surface area contributed by atoms with E-state index >= 15 is 0 Å². The second-order valence-corrected chi connectivity index (χ2v) is 26.2. The Morgan fingerprint density at radius 2 is 0.835 bits per heavy atom. The summed E-state index contributed by atoms with van der Waals surface area (Å²) in [5.41, 5.74) is 16.4. The number of nitrogens with zero attached hydrogens (tertiary/aromatic N) is 9. The van der Waals surface area contributed by atoms with Crippen molar-refractivity contribution in [2.75, 3.05) is 0 Å². The number of carbonyl (C=O) groups is 2. The molecule has 8 heterocycles. The number of aryl methyl sites for hydroxylation is 2. The van der Waals surface area contributed by atoms with Gasteiger partial charge in [0.2, 0.25) is 5.69 Å². The van der Waals surface area contributed by atoms with Gasteiger partial charge in [-0.15, -0.1) is 137 Å². The van der Waals surface area contributed by atoms with Crippen LogP contribution in [0, 0.1) is 38.1 Å². The molecule has 646 valence electrons. The Morgan fingerprint density at radius 1 is 0.378 bits per heavy atom. The number of hydrogen-bond acceptors (Lipinski definition) is 16. The first-order valence-corrected chi connectivity index (χ1v) is 37.8. The minimum absolute atomic E-state index is 0. The molecule has 0 atom stereocenters. The van der Waals surface area contributed by atoms with Crippen LogP contribution in [0.5, 0.6) is 11.5 Å². The van der Waals surface area contributed by atoms with E-state index in [1.54, 1.807) is 24.3 Å². The quantitative estimate of drug-likeness (QED) is 0.0428. The molecule has 4 radical (unpaired) electrons. The van der Waals surface area contributed by atoms with Crippen LogP contribution in [-0.4, -0.2) is 85.6 Å². The third-order valence-corrected chi connectivity index (χ3v) is 17.2. The van der Waals surface area contributed by atoms with E-state index in [2.05, 4.69) is 162 Å². The third-order valence-electron chi connectivity index (χ3n) is 17.2. The molecule has 0 saturated carbocycles. The number of ketones is 2. The molecule has 8 aromatic heterocycles. The number of aromatic nitrogens is 10. The van der Waals surface area contributed by atoms with Crippen LogP contribution < -0.4 is 79.0 Å². The molecule has 0 aliphatic carbocycles. The van der Waals surface area contributed by atoms with Crippen LogP contribution in [0.2, 0.25) is 0 Å². The van der Waals surface area contributed by atoms with Crippen LogP contribution in [0.15, 0.2) is 370 Å². The number of hydrogen-bond donors (Lipinski definition) is 4. The Labute approximate surface area is 866 Å². The number of aromatic amines is 1. The summed E-state index contributed by atoms with van der Waals surface area (Å²) in [6.45, 7) is 16.1. The van der Waals surface area contributed by atoms with E-state index < -0.39 is 0 Å². The Morgan fingerprint density at radius 3 is 1.33 bits per heavy atom. The number of fused-ring (bicyclic) bond motifs is 4. The van der Waals surface area contributed by atoms with E-state index in [1.807, 2.05) is 262 Å². The standard InChI is InChI=1S/C22H16N2O2.C16H12N.3C15H10N.C8H7N4.2C5H8O2.2CHO.Cs.4Ir.Pt/c25-21-13-3-1-7-15(21)17-9-5-11-19(23-17)20-12-6-10-18(24-20)16-8-2-4-14-22(16)26;1-12-6-5-9-16-14(12)10-11-15(17-16)13-7-3-2-4-8-13;1-2-8-13-12(6-1)7-5-9-14(13)15-10-3-4-11-16-15;1-2-7-13(8-3-1)15-14-9-5-4-6-12(14)10-11-16-15;1-2-6-12(7-3-1)15-11-10-13-8-4-5-9-14(13)16-15;1-6-10-8(12-11-6)7-4-2-3-5-9-7;2*1-4(6)3-5(2)7;2*1-2;;;;;;/h1-14,25-26H;2-7,9-11H,1H3;1-8,10-11H;1-7,9-11H;1-6,8-11H;2-5H,1H3;2*3,6H,1-2H3;2*1H;;;;;;/q;5*-1;;;2*-1;+1;;;;;/p+1. The first-order valence-electron chi connectivity index (χ1n) is 37.8. The molecule has 0 bridgehead atoms. The van der Waals surface area contributed by atoms with E-state index in [0.29, 0.717) is 45.6 Å². The number of benzene rings is 10. The summed E-state index contributed by atoms with van der Waals surface area (Å²) in [6, 6.07) is 119. The van der Waals surface area contributed by atoms with Crippen molar-refractivity contribution in [2.45, 2.75) is 41.5 Å². The Kier molecular flexibility index (Phi) is 52.1. The second kappa shape index (κ2) is 60.0. The zero-order valence-corrected chi connectivity index (χ0v) is 87.9. The van der Waals surface area contributed by atoms with Crippen molar-refractivity contribution >= 4 is 68.5 Å². The molecule has 18 rings (SSSR count). The zero-order chi connectivity index (χ0) is 86.1. The molecule has 0 fully saturated rings. The maximum absolute atomic E-state index is 10.1. The molecular weight excluding hydrogens is 2600 g/mol. The fourth-order valence-electron chi connectivity index (χ4n) is 11.9. The molecule has 5 N–H and O–H groups in total. The summed E-state index contributed by atoms with van der Waals surface area (Å²) in [7, 11) is 0. The average molecular weight is 2690 g/mol. The van der Waals surface area contributed by atoms with Crippen molar-refractivity contribution < 1.29 is 215 Å². The fourth-order valence-corrected chi connectivity index (χ4v) is 11.9. The minimum Gasteiger partial charge on any atom is -0.545 e. The van der Waals surface area contributed by atoms with Crippen molar-refractivity contribution in [3.8, 4) is 102 Å². The van der Waals surface area contributed by atoms with Gasteiger partial charge in [0.05, 0.1) is 45.3 Å². The van der Waals surface area contributed by atoms with Crippen molar-refractivity contribution in [1.82, 2.24) is 45.1 Å². The molecule has 0 unspecified atom stereocenters. The number of phenols is 2. The monoisotopic (exact) mass is 2690 g/mol. The van der Waals surface area contributed by atoms with Crippen molar-refractivity contribution in [3.63, 3.8) is 0 Å². The Hall–Kier alpha value is -10.9. The molecular formula is C103H84CsIr4N10O8Pt-5. The number of para-hydroxylation sites is 3. The number of aliphatic hydroxyl groups excluding tert-OH is 2. The van der Waals surface area contributed by atoms with Gasteiger partial charge in [0.25, 0.3) is 0 Å². The number of aromatic hydroxyl groups is 2. The first kappa shape index (κ1) is 110. The van der Waals surface area contributed by atoms with Crippen LogP contribution in [0.1, 0.15) is 39.1 Å². The van der Waals surface area contributed by atoms with E-state index in [-0.39, 0.29) is 205 Å². The largest absolute Gasteiger partial charge is 1.00 e. The number of allylic oxidation sites excluding steroid dienone is 4. The predicted molar refractivity (Wildman–Crippen MR) is 480 cm³/mol. The summed E-state index contributed by atoms with van der Waals surface area (Å²) in [5, 5.41) is 51.8. The number of phenolic OH excluding ortho intramolecular Hbond substituents is 2. The zero-order valence-electron chi connectivity index (χ0n) is 69.8. The average Bonchev–Trinajstić information content (AvgIpc) is 1.47. The second-order valence-electron chi connectivity index (χ2n) is 26.2. The molecule has 127 heavy (non-hydrogen) atoms. The number of carbonyl (C=O) groups excluding carboxylic acids is 4.